The largest absolute Gasteiger partial charge is 0.497 e. The van der Waals surface area contributed by atoms with Crippen molar-refractivity contribution in [2.75, 3.05) is 14.2 Å². The van der Waals surface area contributed by atoms with E-state index in [-0.39, 0.29) is 12.1 Å². The van der Waals surface area contributed by atoms with Crippen molar-refractivity contribution < 1.29 is 23.9 Å². The molecule has 0 saturated carbocycles. The first-order valence-corrected chi connectivity index (χ1v) is 8.54. The quantitative estimate of drug-likeness (QED) is 0.644. The van der Waals surface area contributed by atoms with E-state index in [1.807, 2.05) is 11.4 Å². The number of urea groups is 1. The average Bonchev–Trinajstić information content (AvgIpc) is 3.15. The summed E-state index contributed by atoms with van der Waals surface area (Å²) in [5.74, 6) is -0.289. The van der Waals surface area contributed by atoms with Gasteiger partial charge in [0.05, 0.1) is 20.8 Å². The van der Waals surface area contributed by atoms with Gasteiger partial charge in [0.15, 0.2) is 0 Å². The highest BCUT2D eigenvalue weighted by atomic mass is 32.1. The van der Waals surface area contributed by atoms with Crippen molar-refractivity contribution in [1.82, 2.24) is 10.2 Å². The van der Waals surface area contributed by atoms with Crippen LogP contribution in [0, 0.1) is 0 Å². The highest BCUT2D eigenvalue weighted by Crippen LogP contribution is 2.27. The Morgan fingerprint density at radius 3 is 2.62 bits per heavy atom. The number of amides is 4. The monoisotopic (exact) mass is 372 g/mol. The minimum absolute atomic E-state index is 0.0555. The van der Waals surface area contributed by atoms with Crippen LogP contribution in [0.1, 0.15) is 10.4 Å². The number of carbonyl (C=O) groups is 3. The first kappa shape index (κ1) is 17.7. The van der Waals surface area contributed by atoms with Crippen LogP contribution in [0.25, 0.3) is 6.08 Å². The van der Waals surface area contributed by atoms with Gasteiger partial charge in [0, 0.05) is 10.4 Å². The standard InChI is InChI=1S/C18H16N2O5S/c1-24-12-5-6-15(25-2)11(8-12)10-20-17(22)14(16(21)19-18(20)23)9-13-4-3-7-26-13/h3-9H,10H2,1-2H3,(H,19,21,23)/b14-9+. The number of hydrogen-bond acceptors (Lipinski definition) is 6. The zero-order valence-electron chi connectivity index (χ0n) is 14.1. The molecule has 134 valence electrons. The minimum Gasteiger partial charge on any atom is -0.497 e. The zero-order chi connectivity index (χ0) is 18.7. The number of thiophene rings is 1. The van der Waals surface area contributed by atoms with E-state index < -0.39 is 17.8 Å². The van der Waals surface area contributed by atoms with Crippen LogP contribution in [-0.4, -0.2) is 37.0 Å². The Kier molecular flexibility index (Phi) is 5.04. The number of imide groups is 2. The molecule has 3 rings (SSSR count). The third-order valence-corrected chi connectivity index (χ3v) is 4.65. The summed E-state index contributed by atoms with van der Waals surface area (Å²) in [4.78, 5) is 38.7. The van der Waals surface area contributed by atoms with E-state index in [1.54, 1.807) is 24.3 Å². The Morgan fingerprint density at radius 2 is 1.96 bits per heavy atom. The van der Waals surface area contributed by atoms with Gasteiger partial charge in [-0.25, -0.2) is 4.79 Å². The predicted octanol–water partition coefficient (Wildman–Crippen LogP) is 2.43. The molecule has 0 unspecified atom stereocenters. The molecule has 1 fully saturated rings. The smallest absolute Gasteiger partial charge is 0.331 e. The summed E-state index contributed by atoms with van der Waals surface area (Å²) in [7, 11) is 3.01. The third-order valence-electron chi connectivity index (χ3n) is 3.83. The Balaban J connectivity index is 1.93. The van der Waals surface area contributed by atoms with Crippen molar-refractivity contribution in [1.29, 1.82) is 0 Å². The molecular weight excluding hydrogens is 356 g/mol. The Labute approximate surface area is 153 Å². The van der Waals surface area contributed by atoms with Crippen LogP contribution in [0.5, 0.6) is 11.5 Å². The molecule has 0 spiro atoms. The zero-order valence-corrected chi connectivity index (χ0v) is 15.0. The summed E-state index contributed by atoms with van der Waals surface area (Å²) in [5.41, 5.74) is 0.495. The van der Waals surface area contributed by atoms with Gasteiger partial charge in [-0.15, -0.1) is 11.3 Å². The van der Waals surface area contributed by atoms with Gasteiger partial charge in [-0.1, -0.05) is 6.07 Å². The number of methoxy groups -OCH3 is 2. The van der Waals surface area contributed by atoms with E-state index in [4.69, 9.17) is 9.47 Å². The van der Waals surface area contributed by atoms with Gasteiger partial charge in [-0.2, -0.15) is 0 Å². The summed E-state index contributed by atoms with van der Waals surface area (Å²) in [6.07, 6.45) is 1.48. The van der Waals surface area contributed by atoms with Gasteiger partial charge in [0.1, 0.15) is 17.1 Å². The van der Waals surface area contributed by atoms with Crippen LogP contribution in [0.15, 0.2) is 41.3 Å². The number of hydrogen-bond donors (Lipinski definition) is 1. The maximum Gasteiger partial charge on any atom is 0.331 e. The summed E-state index contributed by atoms with van der Waals surface area (Å²) >= 11 is 1.39. The maximum atomic E-state index is 12.7. The second kappa shape index (κ2) is 7.40. The fourth-order valence-corrected chi connectivity index (χ4v) is 3.19. The fraction of sp³-hybridized carbons (Fsp3) is 0.167. The van der Waals surface area contributed by atoms with Crippen LogP contribution in [-0.2, 0) is 16.1 Å². The first-order chi connectivity index (χ1) is 12.5. The molecule has 2 heterocycles. The van der Waals surface area contributed by atoms with Crippen LogP contribution in [0.2, 0.25) is 0 Å². The van der Waals surface area contributed by atoms with Crippen molar-refractivity contribution in [3.8, 4) is 11.5 Å². The van der Waals surface area contributed by atoms with Gasteiger partial charge in [-0.05, 0) is 35.7 Å². The summed E-state index contributed by atoms with van der Waals surface area (Å²) in [6, 6.07) is 7.91. The maximum absolute atomic E-state index is 12.7. The molecule has 1 N–H and O–H groups in total. The van der Waals surface area contributed by atoms with Crippen molar-refractivity contribution in [3.63, 3.8) is 0 Å². The molecule has 1 aliphatic rings. The van der Waals surface area contributed by atoms with Crippen LogP contribution < -0.4 is 14.8 Å². The highest BCUT2D eigenvalue weighted by Gasteiger charge is 2.36. The number of carbonyl (C=O) groups excluding carboxylic acids is 3. The van der Waals surface area contributed by atoms with Crippen molar-refractivity contribution in [2.45, 2.75) is 6.54 Å². The number of nitrogens with zero attached hydrogens (tertiary/aromatic N) is 1. The van der Waals surface area contributed by atoms with E-state index in [2.05, 4.69) is 5.32 Å². The molecule has 0 radical (unpaired) electrons. The van der Waals surface area contributed by atoms with Gasteiger partial charge in [0.25, 0.3) is 11.8 Å². The molecular formula is C18H16N2O5S. The van der Waals surface area contributed by atoms with Gasteiger partial charge < -0.3 is 9.47 Å². The number of rotatable bonds is 5. The lowest BCUT2D eigenvalue weighted by Crippen LogP contribution is -2.53. The van der Waals surface area contributed by atoms with Gasteiger partial charge >= 0.3 is 6.03 Å². The van der Waals surface area contributed by atoms with Crippen LogP contribution in [0.3, 0.4) is 0 Å². The SMILES string of the molecule is COc1ccc(OC)c(CN2C(=O)NC(=O)/C(=C\c3cccs3)C2=O)c1. The molecule has 0 bridgehead atoms. The van der Waals surface area contributed by atoms with Crippen LogP contribution >= 0.6 is 11.3 Å². The molecule has 1 aromatic carbocycles. The van der Waals surface area contributed by atoms with Gasteiger partial charge in [0.2, 0.25) is 0 Å². The second-order valence-electron chi connectivity index (χ2n) is 5.40. The topological polar surface area (TPSA) is 84.9 Å². The summed E-state index contributed by atoms with van der Waals surface area (Å²) in [6.45, 7) is -0.0555. The van der Waals surface area contributed by atoms with Crippen molar-refractivity contribution in [3.05, 3.63) is 51.7 Å². The van der Waals surface area contributed by atoms with E-state index in [1.165, 1.54) is 31.6 Å². The molecule has 1 saturated heterocycles. The Morgan fingerprint density at radius 1 is 1.15 bits per heavy atom. The molecule has 4 amide bonds. The molecule has 0 aliphatic carbocycles. The molecule has 8 heteroatoms. The highest BCUT2D eigenvalue weighted by molar-refractivity contribution is 7.10. The summed E-state index contributed by atoms with van der Waals surface area (Å²) < 4.78 is 10.5. The Bertz CT molecular complexity index is 889. The minimum atomic E-state index is -0.770. The summed E-state index contributed by atoms with van der Waals surface area (Å²) in [5, 5.41) is 4.04. The lowest BCUT2D eigenvalue weighted by molar-refractivity contribution is -0.130. The number of nitrogens with one attached hydrogen (secondary N) is 1. The molecule has 1 aliphatic heterocycles. The van der Waals surface area contributed by atoms with Crippen LogP contribution in [0.4, 0.5) is 4.79 Å². The van der Waals surface area contributed by atoms with E-state index in [0.717, 1.165) is 9.78 Å². The molecule has 7 nitrogen and oxygen atoms in total. The Hall–Kier alpha value is -3.13. The first-order valence-electron chi connectivity index (χ1n) is 7.66. The predicted molar refractivity (Wildman–Crippen MR) is 95.9 cm³/mol. The average molecular weight is 372 g/mol. The molecule has 26 heavy (non-hydrogen) atoms. The molecule has 0 atom stereocenters. The number of ether oxygens (including phenoxy) is 2. The molecule has 2 aromatic rings. The lowest BCUT2D eigenvalue weighted by atomic mass is 10.1. The van der Waals surface area contributed by atoms with Crippen molar-refractivity contribution >= 4 is 35.3 Å². The van der Waals surface area contributed by atoms with Crippen molar-refractivity contribution in [2.24, 2.45) is 0 Å². The normalized spacial score (nSPS) is 16.0. The molecule has 1 aromatic heterocycles. The number of benzene rings is 1. The fourth-order valence-electron chi connectivity index (χ4n) is 2.53. The second-order valence-corrected chi connectivity index (χ2v) is 6.38. The van der Waals surface area contributed by atoms with E-state index in [9.17, 15) is 14.4 Å². The van der Waals surface area contributed by atoms with E-state index in [0.29, 0.717) is 17.1 Å². The van der Waals surface area contributed by atoms with Gasteiger partial charge in [-0.3, -0.25) is 19.8 Å². The lowest BCUT2D eigenvalue weighted by Gasteiger charge is -2.27. The van der Waals surface area contributed by atoms with E-state index >= 15 is 0 Å². The third kappa shape index (κ3) is 3.45. The number of barbiturate groups is 1.